The van der Waals surface area contributed by atoms with E-state index in [1.807, 2.05) is 6.92 Å². The van der Waals surface area contributed by atoms with Gasteiger partial charge in [-0.05, 0) is 75.3 Å². The van der Waals surface area contributed by atoms with Crippen molar-refractivity contribution in [2.45, 2.75) is 43.6 Å². The molecule has 1 aliphatic heterocycles. The van der Waals surface area contributed by atoms with Gasteiger partial charge in [0.15, 0.2) is 11.0 Å². The highest BCUT2D eigenvalue weighted by Gasteiger charge is 2.31. The molecule has 192 valence electrons. The van der Waals surface area contributed by atoms with Crippen molar-refractivity contribution in [1.82, 2.24) is 19.7 Å². The van der Waals surface area contributed by atoms with Crippen LogP contribution < -0.4 is 5.32 Å². The van der Waals surface area contributed by atoms with Gasteiger partial charge in [-0.2, -0.15) is 13.2 Å². The minimum Gasteiger partial charge on any atom is -0.324 e. The number of carbonyl (C=O) groups is 1. The predicted molar refractivity (Wildman–Crippen MR) is 131 cm³/mol. The van der Waals surface area contributed by atoms with E-state index < -0.39 is 17.6 Å². The zero-order valence-electron chi connectivity index (χ0n) is 19.4. The zero-order chi connectivity index (χ0) is 25.9. The molecular formula is C24H24ClF4N5OS. The SMILES string of the molecule is CC(c1nnc(SCC(=O)Nc2cc(C(F)(F)F)ccc2Cl)n1-c1ccc(F)cc1)N1CCCCC1. The molecule has 6 nitrogen and oxygen atoms in total. The molecule has 2 heterocycles. The fraction of sp³-hybridized carbons (Fsp3) is 0.375. The van der Waals surface area contributed by atoms with Crippen LogP contribution in [0.5, 0.6) is 0 Å². The van der Waals surface area contributed by atoms with E-state index >= 15 is 0 Å². The topological polar surface area (TPSA) is 63.1 Å². The lowest BCUT2D eigenvalue weighted by Gasteiger charge is -2.31. The number of piperidine rings is 1. The summed E-state index contributed by atoms with van der Waals surface area (Å²) < 4.78 is 54.5. The highest BCUT2D eigenvalue weighted by Crippen LogP contribution is 2.34. The maximum absolute atomic E-state index is 13.6. The molecule has 12 heteroatoms. The van der Waals surface area contributed by atoms with E-state index in [9.17, 15) is 22.4 Å². The molecule has 2 aromatic carbocycles. The summed E-state index contributed by atoms with van der Waals surface area (Å²) in [6.45, 7) is 3.90. The van der Waals surface area contributed by atoms with Gasteiger partial charge in [0.2, 0.25) is 5.91 Å². The first-order valence-electron chi connectivity index (χ1n) is 11.4. The van der Waals surface area contributed by atoms with Crippen molar-refractivity contribution in [2.24, 2.45) is 0 Å². The lowest BCUT2D eigenvalue weighted by molar-refractivity contribution is -0.137. The van der Waals surface area contributed by atoms with Gasteiger partial charge in [0.25, 0.3) is 0 Å². The Balaban J connectivity index is 1.54. The smallest absolute Gasteiger partial charge is 0.324 e. The first kappa shape index (κ1) is 26.4. The summed E-state index contributed by atoms with van der Waals surface area (Å²) in [5.74, 6) is -0.430. The first-order chi connectivity index (χ1) is 17.1. The van der Waals surface area contributed by atoms with Crippen molar-refractivity contribution in [3.8, 4) is 5.69 Å². The fourth-order valence-electron chi connectivity index (χ4n) is 4.06. The molecule has 1 fully saturated rings. The zero-order valence-corrected chi connectivity index (χ0v) is 20.9. The number of likely N-dealkylation sites (tertiary alicyclic amines) is 1. The number of carbonyl (C=O) groups excluding carboxylic acids is 1. The van der Waals surface area contributed by atoms with Gasteiger partial charge in [-0.15, -0.1) is 10.2 Å². The van der Waals surface area contributed by atoms with E-state index in [-0.39, 0.29) is 28.3 Å². The number of amides is 1. The molecule has 0 radical (unpaired) electrons. The Hall–Kier alpha value is -2.63. The molecule has 1 atom stereocenters. The number of rotatable bonds is 7. The standard InChI is InChI=1S/C24H24ClF4N5OS/c1-15(33-11-3-2-4-12-33)22-31-32-23(34(22)18-8-6-17(26)7-9-18)36-14-21(35)30-20-13-16(24(27,28)29)5-10-19(20)25/h5-10,13,15H,2-4,11-12,14H2,1H3,(H,30,35). The van der Waals surface area contributed by atoms with E-state index in [0.29, 0.717) is 16.7 Å². The Morgan fingerprint density at radius 2 is 1.81 bits per heavy atom. The molecule has 1 aromatic heterocycles. The van der Waals surface area contributed by atoms with Gasteiger partial charge in [-0.25, -0.2) is 4.39 Å². The molecule has 1 aliphatic rings. The van der Waals surface area contributed by atoms with Gasteiger partial charge >= 0.3 is 6.18 Å². The summed E-state index contributed by atoms with van der Waals surface area (Å²) in [4.78, 5) is 14.9. The molecule has 3 aromatic rings. The number of aromatic nitrogens is 3. The van der Waals surface area contributed by atoms with Crippen LogP contribution in [-0.2, 0) is 11.0 Å². The second-order valence-corrected chi connectivity index (χ2v) is 9.80. The van der Waals surface area contributed by atoms with Gasteiger partial charge in [0, 0.05) is 5.69 Å². The van der Waals surface area contributed by atoms with Gasteiger partial charge in [0.05, 0.1) is 28.1 Å². The van der Waals surface area contributed by atoms with Crippen LogP contribution in [0.1, 0.15) is 43.6 Å². The van der Waals surface area contributed by atoms with E-state index in [2.05, 4.69) is 20.4 Å². The van der Waals surface area contributed by atoms with Gasteiger partial charge in [-0.1, -0.05) is 29.8 Å². The summed E-state index contributed by atoms with van der Waals surface area (Å²) >= 11 is 7.06. The van der Waals surface area contributed by atoms with E-state index in [4.69, 9.17) is 11.6 Å². The van der Waals surface area contributed by atoms with E-state index in [1.165, 1.54) is 18.6 Å². The predicted octanol–water partition coefficient (Wildman–Crippen LogP) is 6.36. The fourth-order valence-corrected chi connectivity index (χ4v) is 4.98. The number of nitrogens with zero attached hydrogens (tertiary/aromatic N) is 4. The number of nitrogens with one attached hydrogen (secondary N) is 1. The third-order valence-corrected chi connectivity index (χ3v) is 7.21. The number of benzene rings is 2. The van der Waals surface area contributed by atoms with Crippen molar-refractivity contribution in [3.05, 3.63) is 64.7 Å². The number of hydrogen-bond donors (Lipinski definition) is 1. The van der Waals surface area contributed by atoms with Crippen LogP contribution in [0.3, 0.4) is 0 Å². The number of alkyl halides is 3. The Morgan fingerprint density at radius 1 is 1.11 bits per heavy atom. The van der Waals surface area contributed by atoms with Crippen LogP contribution in [0.25, 0.3) is 5.69 Å². The Labute approximate surface area is 215 Å². The van der Waals surface area contributed by atoms with Crippen LogP contribution in [0.2, 0.25) is 5.02 Å². The lowest BCUT2D eigenvalue weighted by atomic mass is 10.1. The summed E-state index contributed by atoms with van der Waals surface area (Å²) in [7, 11) is 0. The Morgan fingerprint density at radius 3 is 2.47 bits per heavy atom. The monoisotopic (exact) mass is 541 g/mol. The lowest BCUT2D eigenvalue weighted by Crippen LogP contribution is -2.33. The average molecular weight is 542 g/mol. The van der Waals surface area contributed by atoms with Crippen molar-refractivity contribution in [1.29, 1.82) is 0 Å². The van der Waals surface area contributed by atoms with Crippen molar-refractivity contribution < 1.29 is 22.4 Å². The maximum atomic E-state index is 13.6. The summed E-state index contributed by atoms with van der Waals surface area (Å²) in [5.41, 5.74) is -0.400. The molecule has 1 amide bonds. The van der Waals surface area contributed by atoms with Gasteiger partial charge in [0.1, 0.15) is 5.82 Å². The number of hydrogen-bond acceptors (Lipinski definition) is 5. The third kappa shape index (κ3) is 6.19. The number of anilines is 1. The van der Waals surface area contributed by atoms with Crippen LogP contribution in [0, 0.1) is 5.82 Å². The largest absolute Gasteiger partial charge is 0.416 e. The van der Waals surface area contributed by atoms with E-state index in [0.717, 1.165) is 55.9 Å². The van der Waals surface area contributed by atoms with E-state index in [1.54, 1.807) is 16.7 Å². The minimum atomic E-state index is -4.56. The molecule has 0 spiro atoms. The highest BCUT2D eigenvalue weighted by molar-refractivity contribution is 7.99. The number of thioether (sulfide) groups is 1. The molecule has 0 saturated carbocycles. The van der Waals surface area contributed by atoms with Crippen molar-refractivity contribution >= 4 is 35.0 Å². The van der Waals surface area contributed by atoms with Crippen LogP contribution in [0.15, 0.2) is 47.6 Å². The van der Waals surface area contributed by atoms with Crippen LogP contribution in [-0.4, -0.2) is 44.4 Å². The quantitative estimate of drug-likeness (QED) is 0.279. The Bertz CT molecular complexity index is 1210. The maximum Gasteiger partial charge on any atom is 0.416 e. The summed E-state index contributed by atoms with van der Waals surface area (Å²) in [6.07, 6.45) is -1.20. The van der Waals surface area contributed by atoms with Gasteiger partial charge < -0.3 is 5.32 Å². The molecular weight excluding hydrogens is 518 g/mol. The van der Waals surface area contributed by atoms with Gasteiger partial charge in [-0.3, -0.25) is 14.3 Å². The summed E-state index contributed by atoms with van der Waals surface area (Å²) in [5, 5.41) is 11.5. The normalized spacial score (nSPS) is 15.6. The molecule has 0 bridgehead atoms. The summed E-state index contributed by atoms with van der Waals surface area (Å²) in [6, 6.07) is 8.56. The molecule has 0 aliphatic carbocycles. The first-order valence-corrected chi connectivity index (χ1v) is 12.7. The van der Waals surface area contributed by atoms with Crippen LogP contribution in [0.4, 0.5) is 23.2 Å². The van der Waals surface area contributed by atoms with Crippen molar-refractivity contribution in [2.75, 3.05) is 24.2 Å². The number of halogens is 5. The Kier molecular flexibility index (Phi) is 8.21. The molecule has 1 unspecified atom stereocenters. The second-order valence-electron chi connectivity index (χ2n) is 8.45. The second kappa shape index (κ2) is 11.2. The molecule has 1 N–H and O–H groups in total. The average Bonchev–Trinajstić information content (AvgIpc) is 3.28. The highest BCUT2D eigenvalue weighted by atomic mass is 35.5. The molecule has 4 rings (SSSR count). The van der Waals surface area contributed by atoms with Crippen LogP contribution >= 0.6 is 23.4 Å². The minimum absolute atomic E-state index is 0.00604. The molecule has 1 saturated heterocycles. The van der Waals surface area contributed by atoms with Crippen molar-refractivity contribution in [3.63, 3.8) is 0 Å². The molecule has 36 heavy (non-hydrogen) atoms. The third-order valence-electron chi connectivity index (χ3n) is 5.96.